The van der Waals surface area contributed by atoms with E-state index in [0.29, 0.717) is 13.2 Å². The lowest BCUT2D eigenvalue weighted by Gasteiger charge is -2.40. The van der Waals surface area contributed by atoms with Gasteiger partial charge in [0.2, 0.25) is 0 Å². The fourth-order valence-electron chi connectivity index (χ4n) is 1.70. The molecule has 90 valence electrons. The van der Waals surface area contributed by atoms with Crippen LogP contribution in [-0.4, -0.2) is 31.4 Å². The molecule has 0 unspecified atom stereocenters. The van der Waals surface area contributed by atoms with Gasteiger partial charge in [-0.15, -0.1) is 12.4 Å². The number of halogens is 1. The Kier molecular flexibility index (Phi) is 5.22. The summed E-state index contributed by atoms with van der Waals surface area (Å²) >= 11 is 0. The van der Waals surface area contributed by atoms with Crippen molar-refractivity contribution in [3.8, 4) is 0 Å². The maximum Gasteiger partial charge on any atom is 0.0717 e. The molecule has 1 heterocycles. The third kappa shape index (κ3) is 3.19. The van der Waals surface area contributed by atoms with Gasteiger partial charge >= 0.3 is 0 Å². The third-order valence-electron chi connectivity index (χ3n) is 2.86. The van der Waals surface area contributed by atoms with Crippen molar-refractivity contribution in [3.63, 3.8) is 0 Å². The molecular weight excluding hydrogens is 226 g/mol. The Morgan fingerprint density at radius 2 is 1.94 bits per heavy atom. The van der Waals surface area contributed by atoms with Gasteiger partial charge in [0, 0.05) is 18.5 Å². The minimum absolute atomic E-state index is 0. The number of rotatable bonds is 5. The molecular formula is C12H18ClNO2. The Bertz CT molecular complexity index is 296. The van der Waals surface area contributed by atoms with Crippen LogP contribution in [0.2, 0.25) is 0 Å². The van der Waals surface area contributed by atoms with Crippen molar-refractivity contribution in [2.24, 2.45) is 5.41 Å². The molecule has 3 nitrogen and oxygen atoms in total. The summed E-state index contributed by atoms with van der Waals surface area (Å²) in [4.78, 5) is 0. The number of hydrogen-bond donors (Lipinski definition) is 2. The summed E-state index contributed by atoms with van der Waals surface area (Å²) in [6.07, 6.45) is 0. The summed E-state index contributed by atoms with van der Waals surface area (Å²) in [5, 5.41) is 12.4. The molecule has 0 amide bonds. The highest BCUT2D eigenvalue weighted by atomic mass is 35.5. The van der Waals surface area contributed by atoms with Crippen LogP contribution in [0, 0.1) is 5.41 Å². The Morgan fingerprint density at radius 3 is 2.44 bits per heavy atom. The minimum atomic E-state index is -0.0330. The maximum absolute atomic E-state index is 9.21. The molecule has 0 saturated carbocycles. The molecule has 4 heteroatoms. The predicted octanol–water partition coefficient (Wildman–Crippen LogP) is 1.21. The summed E-state index contributed by atoms with van der Waals surface area (Å²) in [6.45, 7) is 3.18. The first-order valence-corrected chi connectivity index (χ1v) is 5.28. The molecule has 0 radical (unpaired) electrons. The Labute approximate surface area is 102 Å². The average Bonchev–Trinajstić information content (AvgIpc) is 2.24. The van der Waals surface area contributed by atoms with Crippen LogP contribution in [0.3, 0.4) is 0 Å². The number of hydrogen-bond acceptors (Lipinski definition) is 3. The van der Waals surface area contributed by atoms with E-state index in [9.17, 15) is 5.11 Å². The van der Waals surface area contributed by atoms with Crippen molar-refractivity contribution in [3.05, 3.63) is 35.9 Å². The van der Waals surface area contributed by atoms with E-state index < -0.39 is 0 Å². The maximum atomic E-state index is 9.21. The molecule has 2 N–H and O–H groups in total. The molecule has 1 saturated heterocycles. The van der Waals surface area contributed by atoms with Crippen LogP contribution in [-0.2, 0) is 11.3 Å². The molecule has 0 aliphatic carbocycles. The highest BCUT2D eigenvalue weighted by Gasteiger charge is 2.36. The molecule has 0 atom stereocenters. The van der Waals surface area contributed by atoms with Gasteiger partial charge in [-0.1, -0.05) is 30.3 Å². The summed E-state index contributed by atoms with van der Waals surface area (Å²) in [5.41, 5.74) is 1.15. The van der Waals surface area contributed by atoms with Crippen molar-refractivity contribution >= 4 is 12.4 Å². The number of ether oxygens (including phenoxy) is 1. The van der Waals surface area contributed by atoms with Crippen molar-refractivity contribution in [1.29, 1.82) is 0 Å². The second kappa shape index (κ2) is 6.21. The van der Waals surface area contributed by atoms with Gasteiger partial charge < -0.3 is 15.2 Å². The summed E-state index contributed by atoms with van der Waals surface area (Å²) in [5.74, 6) is 0. The zero-order valence-corrected chi connectivity index (χ0v) is 10.0. The van der Waals surface area contributed by atoms with Gasteiger partial charge in [-0.25, -0.2) is 0 Å². The highest BCUT2D eigenvalue weighted by molar-refractivity contribution is 5.85. The Hall–Kier alpha value is -0.610. The highest BCUT2D eigenvalue weighted by Crippen LogP contribution is 2.22. The molecule has 0 bridgehead atoms. The zero-order chi connectivity index (χ0) is 10.6. The minimum Gasteiger partial charge on any atom is -0.396 e. The lowest BCUT2D eigenvalue weighted by atomic mass is 9.84. The molecule has 0 spiro atoms. The normalized spacial score (nSPS) is 17.3. The van der Waals surface area contributed by atoms with Crippen LogP contribution < -0.4 is 5.32 Å². The van der Waals surface area contributed by atoms with Gasteiger partial charge in [0.05, 0.1) is 19.8 Å². The lowest BCUT2D eigenvalue weighted by Crippen LogP contribution is -2.58. The van der Waals surface area contributed by atoms with E-state index in [0.717, 1.165) is 13.1 Å². The third-order valence-corrected chi connectivity index (χ3v) is 2.86. The van der Waals surface area contributed by atoms with Crippen LogP contribution in [0.4, 0.5) is 0 Å². The van der Waals surface area contributed by atoms with Gasteiger partial charge in [-0.3, -0.25) is 0 Å². The first-order valence-electron chi connectivity index (χ1n) is 5.28. The van der Waals surface area contributed by atoms with Crippen LogP contribution in [0.1, 0.15) is 5.56 Å². The standard InChI is InChI=1S/C12H17NO2.ClH/c14-9-12(7-13-8-12)10-15-6-11-4-2-1-3-5-11;/h1-5,13-14H,6-10H2;1H. The van der Waals surface area contributed by atoms with E-state index in [1.165, 1.54) is 5.56 Å². The quantitative estimate of drug-likeness (QED) is 0.817. The van der Waals surface area contributed by atoms with E-state index in [-0.39, 0.29) is 24.4 Å². The van der Waals surface area contributed by atoms with Gasteiger partial charge in [0.25, 0.3) is 0 Å². The topological polar surface area (TPSA) is 41.5 Å². The predicted molar refractivity (Wildman–Crippen MR) is 65.7 cm³/mol. The largest absolute Gasteiger partial charge is 0.396 e. The first-order chi connectivity index (χ1) is 7.35. The fraction of sp³-hybridized carbons (Fsp3) is 0.500. The summed E-state index contributed by atoms with van der Waals surface area (Å²) in [7, 11) is 0. The van der Waals surface area contributed by atoms with E-state index in [2.05, 4.69) is 5.32 Å². The number of aliphatic hydroxyl groups excluding tert-OH is 1. The zero-order valence-electron chi connectivity index (χ0n) is 9.19. The van der Waals surface area contributed by atoms with Crippen LogP contribution in [0.5, 0.6) is 0 Å². The molecule has 2 rings (SSSR count). The van der Waals surface area contributed by atoms with Crippen LogP contribution >= 0.6 is 12.4 Å². The first kappa shape index (κ1) is 13.5. The smallest absolute Gasteiger partial charge is 0.0717 e. The number of benzene rings is 1. The number of nitrogens with one attached hydrogen (secondary N) is 1. The van der Waals surface area contributed by atoms with Gasteiger partial charge in [0.15, 0.2) is 0 Å². The molecule has 1 aliphatic rings. The fourth-order valence-corrected chi connectivity index (χ4v) is 1.70. The van der Waals surface area contributed by atoms with Gasteiger partial charge in [-0.2, -0.15) is 0 Å². The van der Waals surface area contributed by atoms with E-state index in [1.807, 2.05) is 30.3 Å². The molecule has 0 aromatic heterocycles. The van der Waals surface area contributed by atoms with Gasteiger partial charge in [0.1, 0.15) is 0 Å². The van der Waals surface area contributed by atoms with Crippen molar-refractivity contribution in [1.82, 2.24) is 5.32 Å². The molecule has 1 fully saturated rings. The van der Waals surface area contributed by atoms with Gasteiger partial charge in [-0.05, 0) is 5.56 Å². The average molecular weight is 244 g/mol. The second-order valence-corrected chi connectivity index (χ2v) is 4.24. The summed E-state index contributed by atoms with van der Waals surface area (Å²) in [6, 6.07) is 10.1. The molecule has 1 aliphatic heterocycles. The van der Waals surface area contributed by atoms with Crippen LogP contribution in [0.15, 0.2) is 30.3 Å². The molecule has 1 aromatic rings. The Morgan fingerprint density at radius 1 is 1.25 bits per heavy atom. The van der Waals surface area contributed by atoms with Crippen molar-refractivity contribution in [2.45, 2.75) is 6.61 Å². The Balaban J connectivity index is 0.00000128. The number of aliphatic hydroxyl groups is 1. The van der Waals surface area contributed by atoms with Crippen molar-refractivity contribution < 1.29 is 9.84 Å². The summed E-state index contributed by atoms with van der Waals surface area (Å²) < 4.78 is 5.62. The second-order valence-electron chi connectivity index (χ2n) is 4.24. The van der Waals surface area contributed by atoms with E-state index in [4.69, 9.17) is 4.74 Å². The SMILES string of the molecule is Cl.OCC1(COCc2ccccc2)CNC1. The monoisotopic (exact) mass is 243 g/mol. The van der Waals surface area contributed by atoms with E-state index in [1.54, 1.807) is 0 Å². The lowest BCUT2D eigenvalue weighted by molar-refractivity contribution is -0.0315. The molecule has 16 heavy (non-hydrogen) atoms. The van der Waals surface area contributed by atoms with Crippen molar-refractivity contribution in [2.75, 3.05) is 26.3 Å². The van der Waals surface area contributed by atoms with Crippen LogP contribution in [0.25, 0.3) is 0 Å². The van der Waals surface area contributed by atoms with E-state index >= 15 is 0 Å². The molecule has 1 aromatic carbocycles.